The van der Waals surface area contributed by atoms with Crippen LogP contribution in [-0.4, -0.2) is 14.2 Å². The highest BCUT2D eigenvalue weighted by atomic mass is 16.5. The minimum atomic E-state index is -0.192. The van der Waals surface area contributed by atoms with E-state index in [1.54, 1.807) is 20.1 Å². The van der Waals surface area contributed by atoms with Crippen LogP contribution in [0.4, 0.5) is 0 Å². The van der Waals surface area contributed by atoms with Crippen molar-refractivity contribution >= 4 is 21.9 Å². The Morgan fingerprint density at radius 3 is 2.44 bits per heavy atom. The molecule has 27 heavy (non-hydrogen) atoms. The summed E-state index contributed by atoms with van der Waals surface area (Å²) in [6.07, 6.45) is 1.53. The van der Waals surface area contributed by atoms with Crippen LogP contribution in [0, 0.1) is 6.92 Å². The lowest BCUT2D eigenvalue weighted by atomic mass is 10.1. The zero-order valence-corrected chi connectivity index (χ0v) is 15.2. The summed E-state index contributed by atoms with van der Waals surface area (Å²) in [7, 11) is 3.13. The Morgan fingerprint density at radius 2 is 1.74 bits per heavy atom. The van der Waals surface area contributed by atoms with Gasteiger partial charge in [-0.15, -0.1) is 0 Å². The average Bonchev–Trinajstić information content (AvgIpc) is 3.15. The van der Waals surface area contributed by atoms with Gasteiger partial charge < -0.3 is 23.0 Å². The second kappa shape index (κ2) is 6.72. The van der Waals surface area contributed by atoms with E-state index in [-0.39, 0.29) is 12.0 Å². The van der Waals surface area contributed by atoms with E-state index in [4.69, 9.17) is 23.0 Å². The van der Waals surface area contributed by atoms with Crippen molar-refractivity contribution in [2.75, 3.05) is 14.2 Å². The molecule has 4 aromatic rings. The molecule has 2 aromatic carbocycles. The molecule has 0 radical (unpaired) electrons. The number of hydrogen-bond acceptors (Lipinski definition) is 6. The summed E-state index contributed by atoms with van der Waals surface area (Å²) in [6.45, 7) is 1.99. The highest BCUT2D eigenvalue weighted by Gasteiger charge is 2.22. The monoisotopic (exact) mass is 366 g/mol. The van der Waals surface area contributed by atoms with Gasteiger partial charge in [0.2, 0.25) is 5.75 Å². The summed E-state index contributed by atoms with van der Waals surface area (Å²) >= 11 is 0. The van der Waals surface area contributed by atoms with Crippen molar-refractivity contribution in [1.29, 1.82) is 0 Å². The number of furan rings is 1. The van der Waals surface area contributed by atoms with Gasteiger partial charge in [0, 0.05) is 6.07 Å². The Balaban J connectivity index is 1.87. The fourth-order valence-electron chi connectivity index (χ4n) is 3.11. The van der Waals surface area contributed by atoms with Crippen molar-refractivity contribution in [3.05, 3.63) is 64.2 Å². The van der Waals surface area contributed by atoms with E-state index in [0.29, 0.717) is 39.2 Å². The molecule has 0 fully saturated rings. The molecule has 4 rings (SSSR count). The summed E-state index contributed by atoms with van der Waals surface area (Å²) in [4.78, 5) is 12.6. The molecule has 0 saturated carbocycles. The van der Waals surface area contributed by atoms with E-state index in [1.165, 1.54) is 19.4 Å². The van der Waals surface area contributed by atoms with Crippen molar-refractivity contribution in [3.8, 4) is 17.2 Å². The standard InChI is InChI=1S/C21H18O6/c1-12-10-16(22)17-18(24-3)15-8-9-25-19(15)21(20(17)27-12)26-11-13-4-6-14(23-2)7-5-13/h4-10H,11H2,1-3H3. The fraction of sp³-hybridized carbons (Fsp3) is 0.190. The maximum atomic E-state index is 12.6. The van der Waals surface area contributed by atoms with Gasteiger partial charge in [-0.3, -0.25) is 4.79 Å². The lowest BCUT2D eigenvalue weighted by molar-refractivity contribution is 0.302. The quantitative estimate of drug-likeness (QED) is 0.520. The van der Waals surface area contributed by atoms with E-state index in [0.717, 1.165) is 11.3 Å². The zero-order valence-electron chi connectivity index (χ0n) is 15.2. The lowest BCUT2D eigenvalue weighted by Gasteiger charge is -2.13. The van der Waals surface area contributed by atoms with Crippen LogP contribution in [0.1, 0.15) is 11.3 Å². The van der Waals surface area contributed by atoms with Crippen molar-refractivity contribution in [1.82, 2.24) is 0 Å². The molecule has 138 valence electrons. The number of ether oxygens (including phenoxy) is 3. The summed E-state index contributed by atoms with van der Waals surface area (Å²) in [5.74, 6) is 2.04. The highest BCUT2D eigenvalue weighted by Crippen LogP contribution is 2.42. The summed E-state index contributed by atoms with van der Waals surface area (Å²) in [5, 5.41) is 0.993. The number of methoxy groups -OCH3 is 2. The molecule has 0 bridgehead atoms. The van der Waals surface area contributed by atoms with E-state index in [1.807, 2.05) is 24.3 Å². The molecule has 0 saturated heterocycles. The van der Waals surface area contributed by atoms with Gasteiger partial charge in [0.25, 0.3) is 0 Å². The van der Waals surface area contributed by atoms with Crippen molar-refractivity contribution < 1.29 is 23.0 Å². The number of aryl methyl sites for hydroxylation is 1. The van der Waals surface area contributed by atoms with Crippen molar-refractivity contribution in [3.63, 3.8) is 0 Å². The van der Waals surface area contributed by atoms with Crippen LogP contribution in [0.25, 0.3) is 21.9 Å². The van der Waals surface area contributed by atoms with E-state index >= 15 is 0 Å². The average molecular weight is 366 g/mol. The highest BCUT2D eigenvalue weighted by molar-refractivity contribution is 6.06. The summed E-state index contributed by atoms with van der Waals surface area (Å²) in [6, 6.07) is 10.7. The van der Waals surface area contributed by atoms with Crippen LogP contribution in [0.15, 0.2) is 56.3 Å². The normalized spacial score (nSPS) is 11.1. The Hall–Kier alpha value is -3.41. The molecule has 0 unspecified atom stereocenters. The largest absolute Gasteiger partial charge is 0.497 e. The molecular weight excluding hydrogens is 348 g/mol. The van der Waals surface area contributed by atoms with Crippen molar-refractivity contribution in [2.24, 2.45) is 0 Å². The van der Waals surface area contributed by atoms with Gasteiger partial charge in [-0.25, -0.2) is 0 Å². The van der Waals surface area contributed by atoms with Gasteiger partial charge in [0.1, 0.15) is 29.3 Å². The molecule has 0 aliphatic carbocycles. The smallest absolute Gasteiger partial charge is 0.206 e. The molecule has 6 nitrogen and oxygen atoms in total. The number of rotatable bonds is 5. The molecule has 0 atom stereocenters. The molecule has 0 amide bonds. The predicted octanol–water partition coefficient (Wildman–Crippen LogP) is 4.44. The second-order valence-electron chi connectivity index (χ2n) is 6.09. The van der Waals surface area contributed by atoms with E-state index < -0.39 is 0 Å². The van der Waals surface area contributed by atoms with Gasteiger partial charge >= 0.3 is 0 Å². The predicted molar refractivity (Wildman–Crippen MR) is 101 cm³/mol. The molecule has 0 spiro atoms. The molecule has 0 N–H and O–H groups in total. The first-order chi connectivity index (χ1) is 13.1. The first kappa shape index (κ1) is 17.0. The van der Waals surface area contributed by atoms with Crippen LogP contribution in [0.2, 0.25) is 0 Å². The maximum absolute atomic E-state index is 12.6. The Morgan fingerprint density at radius 1 is 0.963 bits per heavy atom. The van der Waals surface area contributed by atoms with Crippen molar-refractivity contribution in [2.45, 2.75) is 13.5 Å². The van der Waals surface area contributed by atoms with Crippen LogP contribution in [-0.2, 0) is 6.61 Å². The van der Waals surface area contributed by atoms with Gasteiger partial charge in [0.05, 0.1) is 25.9 Å². The Kier molecular flexibility index (Phi) is 4.24. The number of fused-ring (bicyclic) bond motifs is 2. The first-order valence-corrected chi connectivity index (χ1v) is 8.39. The van der Waals surface area contributed by atoms with Gasteiger partial charge in [-0.05, 0) is 30.7 Å². The van der Waals surface area contributed by atoms with E-state index in [9.17, 15) is 4.79 Å². The van der Waals surface area contributed by atoms with Crippen LogP contribution >= 0.6 is 0 Å². The topological polar surface area (TPSA) is 71.0 Å². The minimum Gasteiger partial charge on any atom is -0.497 e. The Labute approximate surface area is 154 Å². The summed E-state index contributed by atoms with van der Waals surface area (Å²) in [5.41, 5.74) is 1.53. The fourth-order valence-corrected chi connectivity index (χ4v) is 3.11. The Bertz CT molecular complexity index is 1170. The lowest BCUT2D eigenvalue weighted by Crippen LogP contribution is -2.05. The molecule has 2 heterocycles. The molecule has 6 heteroatoms. The van der Waals surface area contributed by atoms with Gasteiger partial charge in [-0.2, -0.15) is 0 Å². The van der Waals surface area contributed by atoms with Gasteiger partial charge in [0.15, 0.2) is 16.6 Å². The second-order valence-corrected chi connectivity index (χ2v) is 6.09. The van der Waals surface area contributed by atoms with Crippen LogP contribution in [0.3, 0.4) is 0 Å². The third-order valence-electron chi connectivity index (χ3n) is 4.37. The zero-order chi connectivity index (χ0) is 19.0. The van der Waals surface area contributed by atoms with Crippen LogP contribution in [0.5, 0.6) is 17.2 Å². The SMILES string of the molecule is COc1ccc(COc2c3occc3c(OC)c3c(=O)cc(C)oc23)cc1. The van der Waals surface area contributed by atoms with Crippen LogP contribution < -0.4 is 19.6 Å². The number of hydrogen-bond donors (Lipinski definition) is 0. The molecular formula is C21H18O6. The molecule has 0 aliphatic rings. The van der Waals surface area contributed by atoms with Gasteiger partial charge in [-0.1, -0.05) is 12.1 Å². The first-order valence-electron chi connectivity index (χ1n) is 8.39. The third-order valence-corrected chi connectivity index (χ3v) is 4.37. The summed E-state index contributed by atoms with van der Waals surface area (Å²) < 4.78 is 28.1. The third kappa shape index (κ3) is 2.89. The van der Waals surface area contributed by atoms with E-state index in [2.05, 4.69) is 0 Å². The minimum absolute atomic E-state index is 0.192. The molecule has 2 aromatic heterocycles. The molecule has 0 aliphatic heterocycles. The number of benzene rings is 2. The maximum Gasteiger partial charge on any atom is 0.206 e.